The number of imidazole rings is 1. The molecule has 2 fully saturated rings. The fourth-order valence-electron chi connectivity index (χ4n) is 4.12. The Kier molecular flexibility index (Phi) is 4.45. The maximum absolute atomic E-state index is 12.4. The van der Waals surface area contributed by atoms with Crippen LogP contribution in [0.1, 0.15) is 37.3 Å². The summed E-state index contributed by atoms with van der Waals surface area (Å²) in [5, 5.41) is 0. The Bertz CT molecular complexity index is 1050. The topological polar surface area (TPSA) is 78.0 Å². The number of nitrogens with one attached hydrogen (secondary N) is 1. The van der Waals surface area contributed by atoms with E-state index in [1.54, 1.807) is 4.90 Å². The summed E-state index contributed by atoms with van der Waals surface area (Å²) in [6.07, 6.45) is 4.40. The zero-order chi connectivity index (χ0) is 20.0. The molecule has 1 aliphatic heterocycles. The lowest BCUT2D eigenvalue weighted by molar-refractivity contribution is -0.133. The molecule has 2 aliphatic rings. The standard InChI is InChI=1S/C22H26N6O/c1-27(2)22(29)15-5-4-12-28(13-15)19-11-10-18-21(25-19)26-20(24-18)17-7-3-6-16(23-17)14-8-9-14/h3,6-7,10-11,14-15H,4-5,8-9,12-13H2,1-2H3,(H,24,25,26)/t15-/m1/s1. The van der Waals surface area contributed by atoms with Crippen LogP contribution in [0.4, 0.5) is 5.82 Å². The van der Waals surface area contributed by atoms with E-state index in [9.17, 15) is 4.79 Å². The van der Waals surface area contributed by atoms with Gasteiger partial charge in [0.2, 0.25) is 5.91 Å². The quantitative estimate of drug-likeness (QED) is 0.740. The van der Waals surface area contributed by atoms with Crippen molar-refractivity contribution in [3.05, 3.63) is 36.0 Å². The normalized spacial score (nSPS) is 19.5. The number of rotatable bonds is 4. The summed E-state index contributed by atoms with van der Waals surface area (Å²) >= 11 is 0. The molecule has 0 unspecified atom stereocenters. The molecule has 1 N–H and O–H groups in total. The van der Waals surface area contributed by atoms with Gasteiger partial charge in [0.1, 0.15) is 17.0 Å². The number of amides is 1. The molecule has 1 amide bonds. The van der Waals surface area contributed by atoms with Crippen molar-refractivity contribution in [2.24, 2.45) is 5.92 Å². The predicted octanol–water partition coefficient (Wildman–Crippen LogP) is 3.20. The Morgan fingerprint density at radius 1 is 1.10 bits per heavy atom. The van der Waals surface area contributed by atoms with Gasteiger partial charge in [0.25, 0.3) is 0 Å². The van der Waals surface area contributed by atoms with Crippen LogP contribution in [0.25, 0.3) is 22.7 Å². The molecule has 1 saturated heterocycles. The van der Waals surface area contributed by atoms with E-state index in [1.165, 1.54) is 12.8 Å². The first-order valence-corrected chi connectivity index (χ1v) is 10.4. The van der Waals surface area contributed by atoms with Crippen molar-refractivity contribution in [2.45, 2.75) is 31.6 Å². The second-order valence-electron chi connectivity index (χ2n) is 8.36. The van der Waals surface area contributed by atoms with Crippen LogP contribution < -0.4 is 4.90 Å². The minimum absolute atomic E-state index is 0.0305. The molecular weight excluding hydrogens is 364 g/mol. The molecule has 4 heterocycles. The molecule has 7 nitrogen and oxygen atoms in total. The first-order valence-electron chi connectivity index (χ1n) is 10.4. The number of aromatic amines is 1. The number of carbonyl (C=O) groups excluding carboxylic acids is 1. The second-order valence-corrected chi connectivity index (χ2v) is 8.36. The Morgan fingerprint density at radius 2 is 1.97 bits per heavy atom. The SMILES string of the molecule is CN(C)C(=O)[C@@H]1CCCN(c2ccc3nc(-c4cccc(C5CC5)n4)[nH]c3n2)C1. The van der Waals surface area contributed by atoms with Crippen molar-refractivity contribution in [2.75, 3.05) is 32.1 Å². The number of hydrogen-bond acceptors (Lipinski definition) is 5. The number of pyridine rings is 2. The average molecular weight is 390 g/mol. The van der Waals surface area contributed by atoms with E-state index in [1.807, 2.05) is 32.3 Å². The second kappa shape index (κ2) is 7.13. The highest BCUT2D eigenvalue weighted by Gasteiger charge is 2.28. The summed E-state index contributed by atoms with van der Waals surface area (Å²) in [6.45, 7) is 1.63. The molecule has 1 aliphatic carbocycles. The molecule has 3 aromatic rings. The van der Waals surface area contributed by atoms with Crippen molar-refractivity contribution in [3.8, 4) is 11.5 Å². The van der Waals surface area contributed by atoms with E-state index < -0.39 is 0 Å². The molecular formula is C22H26N6O. The third-order valence-corrected chi connectivity index (χ3v) is 5.87. The van der Waals surface area contributed by atoms with Gasteiger partial charge in [0.15, 0.2) is 11.5 Å². The fraction of sp³-hybridized carbons (Fsp3) is 0.455. The molecule has 7 heteroatoms. The highest BCUT2D eigenvalue weighted by molar-refractivity contribution is 5.80. The van der Waals surface area contributed by atoms with E-state index in [4.69, 9.17) is 15.0 Å². The van der Waals surface area contributed by atoms with Crippen LogP contribution in [0.15, 0.2) is 30.3 Å². The maximum Gasteiger partial charge on any atom is 0.226 e. The number of piperidine rings is 1. The van der Waals surface area contributed by atoms with Crippen LogP contribution >= 0.6 is 0 Å². The molecule has 5 rings (SSSR count). The van der Waals surface area contributed by atoms with Gasteiger partial charge < -0.3 is 14.8 Å². The lowest BCUT2D eigenvalue weighted by atomic mass is 9.97. The Balaban J connectivity index is 1.41. The van der Waals surface area contributed by atoms with Crippen LogP contribution in [0.2, 0.25) is 0 Å². The van der Waals surface area contributed by atoms with E-state index in [2.05, 4.69) is 22.0 Å². The van der Waals surface area contributed by atoms with Gasteiger partial charge in [-0.05, 0) is 49.9 Å². The Hall–Kier alpha value is -2.96. The minimum Gasteiger partial charge on any atom is -0.356 e. The number of H-pyrrole nitrogens is 1. The zero-order valence-electron chi connectivity index (χ0n) is 16.9. The number of fused-ring (bicyclic) bond motifs is 1. The molecule has 3 aromatic heterocycles. The Labute approximate surface area is 170 Å². The van der Waals surface area contributed by atoms with Crippen molar-refractivity contribution >= 4 is 22.9 Å². The third kappa shape index (κ3) is 3.57. The van der Waals surface area contributed by atoms with Gasteiger partial charge in [0, 0.05) is 38.8 Å². The molecule has 1 atom stereocenters. The summed E-state index contributed by atoms with van der Waals surface area (Å²) in [7, 11) is 3.65. The number of anilines is 1. The first kappa shape index (κ1) is 18.1. The van der Waals surface area contributed by atoms with E-state index in [-0.39, 0.29) is 11.8 Å². The molecule has 0 aromatic carbocycles. The van der Waals surface area contributed by atoms with Crippen LogP contribution in [0.5, 0.6) is 0 Å². The summed E-state index contributed by atoms with van der Waals surface area (Å²) in [6, 6.07) is 10.1. The van der Waals surface area contributed by atoms with Crippen LogP contribution in [-0.2, 0) is 4.79 Å². The van der Waals surface area contributed by atoms with Crippen molar-refractivity contribution in [1.82, 2.24) is 24.8 Å². The monoisotopic (exact) mass is 390 g/mol. The lowest BCUT2D eigenvalue weighted by Crippen LogP contribution is -2.43. The molecule has 150 valence electrons. The van der Waals surface area contributed by atoms with Gasteiger partial charge in [-0.3, -0.25) is 4.79 Å². The summed E-state index contributed by atoms with van der Waals surface area (Å²) in [4.78, 5) is 33.9. The number of hydrogen-bond donors (Lipinski definition) is 1. The highest BCUT2D eigenvalue weighted by atomic mass is 16.2. The van der Waals surface area contributed by atoms with E-state index in [0.717, 1.165) is 53.6 Å². The van der Waals surface area contributed by atoms with Gasteiger partial charge in [-0.1, -0.05) is 6.07 Å². The summed E-state index contributed by atoms with van der Waals surface area (Å²) in [5.41, 5.74) is 3.61. The van der Waals surface area contributed by atoms with Crippen LogP contribution in [-0.4, -0.2) is 57.9 Å². The fourth-order valence-corrected chi connectivity index (χ4v) is 4.12. The number of nitrogens with zero attached hydrogens (tertiary/aromatic N) is 5. The third-order valence-electron chi connectivity index (χ3n) is 5.87. The van der Waals surface area contributed by atoms with Crippen molar-refractivity contribution < 1.29 is 4.79 Å². The van der Waals surface area contributed by atoms with Crippen LogP contribution in [0.3, 0.4) is 0 Å². The Morgan fingerprint density at radius 3 is 2.76 bits per heavy atom. The molecule has 0 radical (unpaired) electrons. The van der Waals surface area contributed by atoms with Gasteiger partial charge in [-0.25, -0.2) is 15.0 Å². The van der Waals surface area contributed by atoms with Crippen molar-refractivity contribution in [3.63, 3.8) is 0 Å². The number of aromatic nitrogens is 4. The predicted molar refractivity (Wildman–Crippen MR) is 113 cm³/mol. The van der Waals surface area contributed by atoms with Gasteiger partial charge in [-0.2, -0.15) is 0 Å². The van der Waals surface area contributed by atoms with Gasteiger partial charge >= 0.3 is 0 Å². The molecule has 0 bridgehead atoms. The molecule has 29 heavy (non-hydrogen) atoms. The first-order chi connectivity index (χ1) is 14.1. The summed E-state index contributed by atoms with van der Waals surface area (Å²) < 4.78 is 0. The average Bonchev–Trinajstić information content (AvgIpc) is 3.51. The highest BCUT2D eigenvalue weighted by Crippen LogP contribution is 2.39. The summed E-state index contributed by atoms with van der Waals surface area (Å²) in [5.74, 6) is 2.49. The smallest absolute Gasteiger partial charge is 0.226 e. The van der Waals surface area contributed by atoms with Gasteiger partial charge in [0.05, 0.1) is 5.92 Å². The van der Waals surface area contributed by atoms with E-state index >= 15 is 0 Å². The van der Waals surface area contributed by atoms with Crippen LogP contribution in [0, 0.1) is 5.92 Å². The maximum atomic E-state index is 12.4. The van der Waals surface area contributed by atoms with E-state index in [0.29, 0.717) is 12.5 Å². The molecule has 0 spiro atoms. The lowest BCUT2D eigenvalue weighted by Gasteiger charge is -2.33. The molecule has 1 saturated carbocycles. The minimum atomic E-state index is 0.0305. The zero-order valence-corrected chi connectivity index (χ0v) is 16.9. The van der Waals surface area contributed by atoms with Crippen molar-refractivity contribution in [1.29, 1.82) is 0 Å². The van der Waals surface area contributed by atoms with Gasteiger partial charge in [-0.15, -0.1) is 0 Å². The largest absolute Gasteiger partial charge is 0.356 e. The number of carbonyl (C=O) groups is 1.